The van der Waals surface area contributed by atoms with Crippen molar-refractivity contribution in [1.29, 1.82) is 0 Å². The van der Waals surface area contributed by atoms with E-state index in [9.17, 15) is 15.0 Å². The molecule has 2 fully saturated rings. The molecule has 5 rings (SSSR count). The van der Waals surface area contributed by atoms with Crippen molar-refractivity contribution in [3.63, 3.8) is 0 Å². The largest absolute Gasteiger partial charge is 0.504 e. The van der Waals surface area contributed by atoms with Gasteiger partial charge in [-0.05, 0) is 62.9 Å². The third-order valence-electron chi connectivity index (χ3n) is 7.80. The third kappa shape index (κ3) is 1.99. The fourth-order valence-electron chi connectivity index (χ4n) is 6.49. The smallest absolute Gasteiger partial charge is 0.174 e. The minimum atomic E-state index is -0.967. The van der Waals surface area contributed by atoms with Gasteiger partial charge in [0.05, 0.1) is 11.0 Å². The van der Waals surface area contributed by atoms with E-state index in [0.717, 1.165) is 44.2 Å². The molecule has 0 amide bonds. The van der Waals surface area contributed by atoms with Crippen LogP contribution in [0, 0.1) is 0 Å². The summed E-state index contributed by atoms with van der Waals surface area (Å²) in [6.07, 6.45) is 5.97. The van der Waals surface area contributed by atoms with Crippen molar-refractivity contribution in [3.8, 4) is 11.5 Å². The Morgan fingerprint density at radius 2 is 2.15 bits per heavy atom. The summed E-state index contributed by atoms with van der Waals surface area (Å²) in [6, 6.07) is 1.85. The normalized spacial score (nSPS) is 36.5. The fourth-order valence-corrected chi connectivity index (χ4v) is 6.49. The number of unbranched alkanes of at least 4 members (excludes halogenated alkanes) is 2. The molecule has 2 aliphatic heterocycles. The van der Waals surface area contributed by atoms with Gasteiger partial charge in [-0.3, -0.25) is 4.79 Å². The predicted molar refractivity (Wildman–Crippen MR) is 101 cm³/mol. The number of ketones is 1. The molecule has 0 unspecified atom stereocenters. The Labute approximate surface area is 160 Å². The molecular weight excluding hydrogens is 342 g/mol. The predicted octanol–water partition coefficient (Wildman–Crippen LogP) is 2.48. The number of hydrogen-bond donors (Lipinski definition) is 2. The molecule has 1 saturated carbocycles. The summed E-state index contributed by atoms with van der Waals surface area (Å²) in [5, 5.41) is 22.7. The second kappa shape index (κ2) is 5.71. The van der Waals surface area contributed by atoms with Gasteiger partial charge in [0.25, 0.3) is 0 Å². The lowest BCUT2D eigenvalue weighted by atomic mass is 9.48. The Kier molecular flexibility index (Phi) is 3.70. The number of aromatic hydroxyl groups is 1. The lowest BCUT2D eigenvalue weighted by Gasteiger charge is -2.62. The van der Waals surface area contributed by atoms with Gasteiger partial charge in [0, 0.05) is 18.0 Å². The van der Waals surface area contributed by atoms with Crippen LogP contribution in [0.3, 0.4) is 0 Å². The number of phenols is 1. The minimum Gasteiger partial charge on any atom is -0.504 e. The van der Waals surface area contributed by atoms with Crippen molar-refractivity contribution in [3.05, 3.63) is 22.8 Å². The second-order valence-corrected chi connectivity index (χ2v) is 9.00. The Morgan fingerprint density at radius 1 is 1.33 bits per heavy atom. The molecule has 2 aliphatic carbocycles. The van der Waals surface area contributed by atoms with Gasteiger partial charge < -0.3 is 19.8 Å². The van der Waals surface area contributed by atoms with Crippen LogP contribution in [0.1, 0.15) is 62.1 Å². The molecular formula is C22H29NO4. The zero-order valence-corrected chi connectivity index (χ0v) is 16.3. The van der Waals surface area contributed by atoms with E-state index < -0.39 is 17.1 Å². The number of hydrogen-bond acceptors (Lipinski definition) is 5. The first-order valence-corrected chi connectivity index (χ1v) is 10.4. The molecule has 1 spiro atoms. The molecule has 5 nitrogen and oxygen atoms in total. The summed E-state index contributed by atoms with van der Waals surface area (Å²) in [5.74, 6) is 0.668. The molecule has 2 bridgehead atoms. The molecule has 0 aromatic heterocycles. The van der Waals surface area contributed by atoms with Crippen LogP contribution in [-0.2, 0) is 23.1 Å². The van der Waals surface area contributed by atoms with E-state index in [2.05, 4.69) is 18.9 Å². The minimum absolute atomic E-state index is 0.00151. The second-order valence-electron chi connectivity index (χ2n) is 9.00. The summed E-state index contributed by atoms with van der Waals surface area (Å²) in [7, 11) is 2.08. The van der Waals surface area contributed by atoms with Gasteiger partial charge in [-0.2, -0.15) is 0 Å². The van der Waals surface area contributed by atoms with Crippen molar-refractivity contribution in [2.45, 2.75) is 81.5 Å². The molecule has 1 aromatic rings. The number of likely N-dealkylation sites (N-methyl/N-ethyl adjacent to an activating group) is 1. The highest BCUT2D eigenvalue weighted by molar-refractivity contribution is 5.90. The van der Waals surface area contributed by atoms with Crippen molar-refractivity contribution in [1.82, 2.24) is 4.90 Å². The number of benzene rings is 1. The summed E-state index contributed by atoms with van der Waals surface area (Å²) >= 11 is 0. The molecule has 4 aliphatic rings. The Morgan fingerprint density at radius 3 is 2.93 bits per heavy atom. The number of nitrogens with zero attached hydrogens (tertiary/aromatic N) is 1. The van der Waals surface area contributed by atoms with E-state index >= 15 is 0 Å². The van der Waals surface area contributed by atoms with E-state index in [0.29, 0.717) is 25.0 Å². The number of carbonyl (C=O) groups excluding carboxylic acids is 1. The average Bonchev–Trinajstić information content (AvgIpc) is 2.99. The first-order chi connectivity index (χ1) is 12.9. The van der Waals surface area contributed by atoms with E-state index in [4.69, 9.17) is 4.74 Å². The molecule has 0 radical (unpaired) electrons. The number of aryl methyl sites for hydroxylation is 1. The zero-order chi connectivity index (χ0) is 19.0. The molecule has 146 valence electrons. The summed E-state index contributed by atoms with van der Waals surface area (Å²) in [5.41, 5.74) is 1.69. The first-order valence-electron chi connectivity index (χ1n) is 10.4. The molecule has 2 heterocycles. The van der Waals surface area contributed by atoms with Crippen LogP contribution < -0.4 is 4.74 Å². The van der Waals surface area contributed by atoms with Crippen molar-refractivity contribution < 1.29 is 19.7 Å². The number of phenolic OH excluding ortho intramolecular Hbond substituents is 1. The number of piperidine rings is 1. The Bertz CT molecular complexity index is 821. The highest BCUT2D eigenvalue weighted by atomic mass is 16.5. The number of carbonyl (C=O) groups is 1. The summed E-state index contributed by atoms with van der Waals surface area (Å²) in [4.78, 5) is 15.1. The van der Waals surface area contributed by atoms with Crippen LogP contribution in [0.4, 0.5) is 0 Å². The van der Waals surface area contributed by atoms with Crippen LogP contribution in [-0.4, -0.2) is 52.2 Å². The van der Waals surface area contributed by atoms with Gasteiger partial charge in [0.2, 0.25) is 0 Å². The van der Waals surface area contributed by atoms with Crippen LogP contribution in [0.25, 0.3) is 0 Å². The van der Waals surface area contributed by atoms with E-state index in [1.54, 1.807) is 0 Å². The number of rotatable bonds is 4. The van der Waals surface area contributed by atoms with Gasteiger partial charge in [-0.25, -0.2) is 0 Å². The van der Waals surface area contributed by atoms with Crippen LogP contribution in [0.5, 0.6) is 11.5 Å². The molecule has 4 atom stereocenters. The Hall–Kier alpha value is -1.59. The topological polar surface area (TPSA) is 70.0 Å². The SMILES string of the molecule is CCCCCc1cc(O)c2c3c1C[C@H]1N(C)CC[C@@]34[C@@H](O2)C(=O)CC[C@@]14O. The van der Waals surface area contributed by atoms with Crippen molar-refractivity contribution >= 4 is 5.78 Å². The Balaban J connectivity index is 1.74. The van der Waals surface area contributed by atoms with Crippen LogP contribution in [0.15, 0.2) is 6.07 Å². The molecule has 5 heteroatoms. The molecule has 1 aromatic carbocycles. The highest BCUT2D eigenvalue weighted by Gasteiger charge is 2.73. The molecule has 27 heavy (non-hydrogen) atoms. The first kappa shape index (κ1) is 17.5. The van der Waals surface area contributed by atoms with Gasteiger partial charge >= 0.3 is 0 Å². The number of likely N-dealkylation sites (tertiary alicyclic amines) is 1. The number of aliphatic hydroxyl groups is 1. The summed E-state index contributed by atoms with van der Waals surface area (Å²) < 4.78 is 6.12. The maximum atomic E-state index is 12.8. The van der Waals surface area contributed by atoms with Gasteiger partial charge in [-0.1, -0.05) is 19.8 Å². The molecule has 2 N–H and O–H groups in total. The van der Waals surface area contributed by atoms with E-state index in [1.165, 1.54) is 11.1 Å². The van der Waals surface area contributed by atoms with Gasteiger partial charge in [0.1, 0.15) is 0 Å². The van der Waals surface area contributed by atoms with E-state index in [-0.39, 0.29) is 17.6 Å². The summed E-state index contributed by atoms with van der Waals surface area (Å²) in [6.45, 7) is 3.02. The van der Waals surface area contributed by atoms with Gasteiger partial charge in [-0.15, -0.1) is 0 Å². The monoisotopic (exact) mass is 371 g/mol. The van der Waals surface area contributed by atoms with Crippen molar-refractivity contribution in [2.75, 3.05) is 13.6 Å². The maximum absolute atomic E-state index is 12.8. The highest BCUT2D eigenvalue weighted by Crippen LogP contribution is 2.65. The lowest BCUT2D eigenvalue weighted by molar-refractivity contribution is -0.185. The van der Waals surface area contributed by atoms with Crippen molar-refractivity contribution in [2.24, 2.45) is 0 Å². The average molecular weight is 371 g/mol. The standard InChI is InChI=1S/C22H29NO4/c1-3-4-5-6-13-11-16(25)19-18-14(13)12-17-22(26)8-7-15(24)20(27-19)21(18,22)9-10-23(17)2/h11,17,20,25-26H,3-10,12H2,1-2H3/t17-,20+,21+,22-/m1/s1. The molecule has 1 saturated heterocycles. The van der Waals surface area contributed by atoms with Crippen LogP contribution >= 0.6 is 0 Å². The zero-order valence-electron chi connectivity index (χ0n) is 16.3. The number of Topliss-reactive ketones (excluding diaryl/α,β-unsaturated/α-hetero) is 1. The quantitative estimate of drug-likeness (QED) is 0.796. The number of ether oxygens (including phenoxy) is 1. The van der Waals surface area contributed by atoms with E-state index in [1.807, 2.05) is 6.07 Å². The fraction of sp³-hybridized carbons (Fsp3) is 0.682. The lowest BCUT2D eigenvalue weighted by Crippen LogP contribution is -2.76. The van der Waals surface area contributed by atoms with Crippen LogP contribution in [0.2, 0.25) is 0 Å². The maximum Gasteiger partial charge on any atom is 0.174 e. The third-order valence-corrected chi connectivity index (χ3v) is 7.80. The van der Waals surface area contributed by atoms with Gasteiger partial charge in [0.15, 0.2) is 23.4 Å².